The quantitative estimate of drug-likeness (QED) is 0.832. The van der Waals surface area contributed by atoms with E-state index in [0.717, 1.165) is 25.5 Å². The molecule has 0 radical (unpaired) electrons. The van der Waals surface area contributed by atoms with E-state index < -0.39 is 0 Å². The molecular formula is C13H17N5. The smallest absolute Gasteiger partial charge is 0.147 e. The van der Waals surface area contributed by atoms with Crippen molar-refractivity contribution in [3.05, 3.63) is 17.6 Å². The van der Waals surface area contributed by atoms with E-state index in [0.29, 0.717) is 23.2 Å². The molecule has 0 aromatic carbocycles. The number of hydrogen-bond donors (Lipinski definition) is 2. The molecule has 1 aromatic heterocycles. The highest BCUT2D eigenvalue weighted by atomic mass is 15.0. The van der Waals surface area contributed by atoms with E-state index in [-0.39, 0.29) is 0 Å². The number of nitrogens with zero attached hydrogens (tertiary/aromatic N) is 3. The fraction of sp³-hybridized carbons (Fsp3) is 0.615. The summed E-state index contributed by atoms with van der Waals surface area (Å²) in [6.45, 7) is 3.02. The van der Waals surface area contributed by atoms with Crippen molar-refractivity contribution in [2.24, 2.45) is 5.92 Å². The number of anilines is 1. The Labute approximate surface area is 107 Å². The second kappa shape index (κ2) is 4.91. The average molecular weight is 243 g/mol. The van der Waals surface area contributed by atoms with Crippen LogP contribution in [0.4, 0.5) is 5.82 Å². The summed E-state index contributed by atoms with van der Waals surface area (Å²) in [6.07, 6.45) is 5.20. The third-order valence-electron chi connectivity index (χ3n) is 3.59. The number of rotatable bonds is 4. The first kappa shape index (κ1) is 11.4. The van der Waals surface area contributed by atoms with Gasteiger partial charge in [-0.3, -0.25) is 0 Å². The molecule has 5 heteroatoms. The summed E-state index contributed by atoms with van der Waals surface area (Å²) in [5.74, 6) is 2.75. The van der Waals surface area contributed by atoms with Gasteiger partial charge in [0.25, 0.3) is 0 Å². The molecule has 1 aliphatic heterocycles. The third kappa shape index (κ3) is 2.44. The van der Waals surface area contributed by atoms with Crippen LogP contribution in [0.2, 0.25) is 0 Å². The van der Waals surface area contributed by atoms with Crippen LogP contribution < -0.4 is 10.6 Å². The maximum atomic E-state index is 9.07. The molecule has 1 aromatic rings. The van der Waals surface area contributed by atoms with Gasteiger partial charge >= 0.3 is 0 Å². The minimum Gasteiger partial charge on any atom is -0.369 e. The van der Waals surface area contributed by atoms with Crippen molar-refractivity contribution in [3.63, 3.8) is 0 Å². The summed E-state index contributed by atoms with van der Waals surface area (Å²) >= 11 is 0. The van der Waals surface area contributed by atoms with Crippen molar-refractivity contribution in [3.8, 4) is 6.07 Å². The minimum absolute atomic E-state index is 0.520. The molecular weight excluding hydrogens is 226 g/mol. The van der Waals surface area contributed by atoms with Gasteiger partial charge in [-0.15, -0.1) is 0 Å². The molecule has 0 amide bonds. The minimum atomic E-state index is 0.520. The normalized spacial score (nSPS) is 22.7. The van der Waals surface area contributed by atoms with Crippen LogP contribution in [0.25, 0.3) is 0 Å². The van der Waals surface area contributed by atoms with Gasteiger partial charge in [0.15, 0.2) is 0 Å². The molecule has 2 fully saturated rings. The Bertz CT molecular complexity index is 469. The Morgan fingerprint density at radius 1 is 1.44 bits per heavy atom. The lowest BCUT2D eigenvalue weighted by Crippen LogP contribution is -2.18. The zero-order valence-corrected chi connectivity index (χ0v) is 10.3. The van der Waals surface area contributed by atoms with Gasteiger partial charge in [0.2, 0.25) is 0 Å². The first-order chi connectivity index (χ1) is 8.86. The molecule has 2 N–H and O–H groups in total. The highest BCUT2D eigenvalue weighted by molar-refractivity contribution is 5.50. The van der Waals surface area contributed by atoms with E-state index in [1.807, 2.05) is 0 Å². The molecule has 1 unspecified atom stereocenters. The number of nitrogens with one attached hydrogen (secondary N) is 2. The highest BCUT2D eigenvalue weighted by Gasteiger charge is 2.27. The third-order valence-corrected chi connectivity index (χ3v) is 3.59. The van der Waals surface area contributed by atoms with Crippen LogP contribution in [0.15, 0.2) is 6.20 Å². The van der Waals surface area contributed by atoms with Crippen LogP contribution >= 0.6 is 0 Å². The monoisotopic (exact) mass is 243 g/mol. The van der Waals surface area contributed by atoms with Crippen molar-refractivity contribution in [2.45, 2.75) is 25.2 Å². The first-order valence-corrected chi connectivity index (χ1v) is 6.58. The van der Waals surface area contributed by atoms with E-state index in [1.54, 1.807) is 6.20 Å². The van der Waals surface area contributed by atoms with Gasteiger partial charge in [-0.05, 0) is 38.3 Å². The molecule has 1 saturated carbocycles. The van der Waals surface area contributed by atoms with Gasteiger partial charge in [-0.2, -0.15) is 5.26 Å². The molecule has 1 aliphatic carbocycles. The van der Waals surface area contributed by atoms with E-state index in [9.17, 15) is 0 Å². The van der Waals surface area contributed by atoms with Crippen LogP contribution in [0.5, 0.6) is 0 Å². The van der Waals surface area contributed by atoms with Gasteiger partial charge < -0.3 is 10.6 Å². The maximum absolute atomic E-state index is 9.07. The molecule has 2 aliphatic rings. The lowest BCUT2D eigenvalue weighted by molar-refractivity contribution is 0.613. The second-order valence-corrected chi connectivity index (χ2v) is 5.12. The molecule has 2 heterocycles. The fourth-order valence-electron chi connectivity index (χ4n) is 2.28. The fourth-order valence-corrected chi connectivity index (χ4v) is 2.28. The van der Waals surface area contributed by atoms with Gasteiger partial charge in [-0.1, -0.05) is 0 Å². The van der Waals surface area contributed by atoms with Crippen LogP contribution in [-0.2, 0) is 0 Å². The predicted octanol–water partition coefficient (Wildman–Crippen LogP) is 1.25. The summed E-state index contributed by atoms with van der Waals surface area (Å²) in [4.78, 5) is 8.77. The summed E-state index contributed by atoms with van der Waals surface area (Å²) in [7, 11) is 0. The van der Waals surface area contributed by atoms with Crippen molar-refractivity contribution in [2.75, 3.05) is 25.0 Å². The maximum Gasteiger partial charge on any atom is 0.147 e. The summed E-state index contributed by atoms with van der Waals surface area (Å²) in [5, 5.41) is 15.7. The van der Waals surface area contributed by atoms with Crippen LogP contribution in [0.3, 0.4) is 0 Å². The van der Waals surface area contributed by atoms with E-state index in [4.69, 9.17) is 5.26 Å². The van der Waals surface area contributed by atoms with Crippen LogP contribution in [0, 0.1) is 17.2 Å². The Kier molecular flexibility index (Phi) is 3.11. The summed E-state index contributed by atoms with van der Waals surface area (Å²) in [5.41, 5.74) is 0.547. The molecule has 1 atom stereocenters. The molecule has 1 saturated heterocycles. The van der Waals surface area contributed by atoms with Crippen molar-refractivity contribution in [1.82, 2.24) is 15.3 Å². The summed E-state index contributed by atoms with van der Waals surface area (Å²) < 4.78 is 0. The van der Waals surface area contributed by atoms with Gasteiger partial charge in [0.05, 0.1) is 6.20 Å². The van der Waals surface area contributed by atoms with Gasteiger partial charge in [0.1, 0.15) is 23.3 Å². The first-order valence-electron chi connectivity index (χ1n) is 6.58. The molecule has 94 valence electrons. The zero-order chi connectivity index (χ0) is 12.4. The van der Waals surface area contributed by atoms with Crippen molar-refractivity contribution >= 4 is 5.82 Å². The average Bonchev–Trinajstić information content (AvgIpc) is 3.13. The largest absolute Gasteiger partial charge is 0.369 e. The Morgan fingerprint density at radius 2 is 2.33 bits per heavy atom. The lowest BCUT2D eigenvalue weighted by Gasteiger charge is -2.12. The van der Waals surface area contributed by atoms with Crippen LogP contribution in [0.1, 0.15) is 36.6 Å². The number of nitriles is 1. The van der Waals surface area contributed by atoms with E-state index in [1.165, 1.54) is 19.3 Å². The highest BCUT2D eigenvalue weighted by Crippen LogP contribution is 2.38. The summed E-state index contributed by atoms with van der Waals surface area (Å²) in [6, 6.07) is 2.15. The Hall–Kier alpha value is -1.67. The topological polar surface area (TPSA) is 73.6 Å². The van der Waals surface area contributed by atoms with Crippen molar-refractivity contribution < 1.29 is 0 Å². The Balaban J connectivity index is 1.71. The second-order valence-electron chi connectivity index (χ2n) is 5.12. The number of aromatic nitrogens is 2. The Morgan fingerprint density at radius 3 is 3.00 bits per heavy atom. The van der Waals surface area contributed by atoms with E-state index in [2.05, 4.69) is 26.7 Å². The molecule has 18 heavy (non-hydrogen) atoms. The number of hydrogen-bond acceptors (Lipinski definition) is 5. The standard InChI is InChI=1S/C13H17N5/c14-5-11-8-17-12(10-1-2-10)18-13(11)16-7-9-3-4-15-6-9/h8-10,15H,1-4,6-7H2,(H,16,17,18). The molecule has 0 spiro atoms. The van der Waals surface area contributed by atoms with E-state index >= 15 is 0 Å². The zero-order valence-electron chi connectivity index (χ0n) is 10.3. The van der Waals surface area contributed by atoms with Gasteiger partial charge in [0, 0.05) is 12.5 Å². The van der Waals surface area contributed by atoms with Gasteiger partial charge in [-0.25, -0.2) is 9.97 Å². The van der Waals surface area contributed by atoms with Crippen molar-refractivity contribution in [1.29, 1.82) is 5.26 Å². The van der Waals surface area contributed by atoms with Crippen LogP contribution in [-0.4, -0.2) is 29.6 Å². The lowest BCUT2D eigenvalue weighted by atomic mass is 10.1. The molecule has 0 bridgehead atoms. The molecule has 3 rings (SSSR count). The predicted molar refractivity (Wildman–Crippen MR) is 68.2 cm³/mol. The molecule has 5 nitrogen and oxygen atoms in total. The SMILES string of the molecule is N#Cc1cnc(C2CC2)nc1NCC1CCNC1.